The van der Waals surface area contributed by atoms with Crippen molar-refractivity contribution in [3.8, 4) is 0 Å². The number of piperidine rings is 1. The van der Waals surface area contributed by atoms with Gasteiger partial charge in [0.1, 0.15) is 5.82 Å². The van der Waals surface area contributed by atoms with E-state index < -0.39 is 0 Å². The van der Waals surface area contributed by atoms with Gasteiger partial charge in [0.05, 0.1) is 0 Å². The van der Waals surface area contributed by atoms with Crippen LogP contribution in [0.4, 0.5) is 5.82 Å². The average molecular weight is 290 g/mol. The molecule has 1 aliphatic heterocycles. The number of amides is 1. The molecule has 2 rings (SSSR count). The first-order chi connectivity index (χ1) is 10.0. The van der Waals surface area contributed by atoms with E-state index in [4.69, 9.17) is 5.84 Å². The zero-order valence-corrected chi connectivity index (χ0v) is 13.3. The van der Waals surface area contributed by atoms with E-state index in [1.807, 2.05) is 17.9 Å². The second kappa shape index (κ2) is 6.43. The number of nitrogens with two attached hydrogens (primary N) is 1. The molecule has 21 heavy (non-hydrogen) atoms. The van der Waals surface area contributed by atoms with Crippen LogP contribution in [0.15, 0.2) is 12.1 Å². The van der Waals surface area contributed by atoms with Crippen LogP contribution in [-0.2, 0) is 6.42 Å². The molecular formula is C16H26N4O. The number of hydrogen-bond donors (Lipinski definition) is 2. The van der Waals surface area contributed by atoms with Gasteiger partial charge in [-0.25, -0.2) is 10.8 Å². The van der Waals surface area contributed by atoms with Crippen molar-refractivity contribution in [2.24, 2.45) is 11.3 Å². The smallest absolute Gasteiger partial charge is 0.254 e. The van der Waals surface area contributed by atoms with Crippen LogP contribution in [0, 0.1) is 5.41 Å². The SMILES string of the molecule is CCc1cc(C(=O)N2CCC(C)(CC)CC2)cc(NN)n1. The van der Waals surface area contributed by atoms with E-state index in [9.17, 15) is 4.79 Å². The zero-order chi connectivity index (χ0) is 15.5. The lowest BCUT2D eigenvalue weighted by molar-refractivity contribution is 0.0600. The first-order valence-electron chi connectivity index (χ1n) is 7.78. The van der Waals surface area contributed by atoms with Gasteiger partial charge < -0.3 is 10.3 Å². The van der Waals surface area contributed by atoms with Gasteiger partial charge in [-0.15, -0.1) is 0 Å². The molecule has 1 saturated heterocycles. The third-order valence-corrected chi connectivity index (χ3v) is 4.75. The van der Waals surface area contributed by atoms with Crippen LogP contribution in [0.25, 0.3) is 0 Å². The molecule has 1 amide bonds. The lowest BCUT2D eigenvalue weighted by Gasteiger charge is -2.39. The molecule has 0 spiro atoms. The minimum absolute atomic E-state index is 0.0850. The normalized spacial score (nSPS) is 17.6. The Morgan fingerprint density at radius 3 is 2.57 bits per heavy atom. The maximum absolute atomic E-state index is 12.7. The Kier molecular flexibility index (Phi) is 4.83. The molecule has 0 unspecified atom stereocenters. The van der Waals surface area contributed by atoms with Crippen molar-refractivity contribution in [3.05, 3.63) is 23.4 Å². The summed E-state index contributed by atoms with van der Waals surface area (Å²) in [5, 5.41) is 0. The minimum atomic E-state index is 0.0850. The molecule has 0 aliphatic carbocycles. The number of hydrogen-bond acceptors (Lipinski definition) is 4. The highest BCUT2D eigenvalue weighted by molar-refractivity contribution is 5.95. The number of rotatable bonds is 4. The molecule has 0 atom stereocenters. The van der Waals surface area contributed by atoms with E-state index in [0.29, 0.717) is 16.8 Å². The number of nitrogens with zero attached hydrogens (tertiary/aromatic N) is 2. The van der Waals surface area contributed by atoms with Gasteiger partial charge >= 0.3 is 0 Å². The number of pyridine rings is 1. The molecule has 1 fully saturated rings. The number of nitrogens with one attached hydrogen (secondary N) is 1. The molecule has 3 N–H and O–H groups in total. The van der Waals surface area contributed by atoms with Gasteiger partial charge in [-0.3, -0.25) is 4.79 Å². The molecule has 0 aromatic carbocycles. The number of aromatic nitrogens is 1. The summed E-state index contributed by atoms with van der Waals surface area (Å²) in [6, 6.07) is 3.60. The molecule has 0 bridgehead atoms. The molecule has 1 aromatic rings. The summed E-state index contributed by atoms with van der Waals surface area (Å²) in [4.78, 5) is 18.9. The Morgan fingerprint density at radius 1 is 1.38 bits per heavy atom. The fourth-order valence-corrected chi connectivity index (χ4v) is 2.75. The van der Waals surface area contributed by atoms with E-state index in [1.165, 1.54) is 6.42 Å². The van der Waals surface area contributed by atoms with Gasteiger partial charge in [-0.2, -0.15) is 0 Å². The summed E-state index contributed by atoms with van der Waals surface area (Å²) in [7, 11) is 0. The number of likely N-dealkylation sites (tertiary alicyclic amines) is 1. The van der Waals surface area contributed by atoms with Crippen molar-refractivity contribution in [1.29, 1.82) is 0 Å². The van der Waals surface area contributed by atoms with Crippen LogP contribution in [0.2, 0.25) is 0 Å². The van der Waals surface area contributed by atoms with Crippen molar-refractivity contribution in [2.45, 2.75) is 46.5 Å². The van der Waals surface area contributed by atoms with E-state index in [1.54, 1.807) is 6.07 Å². The van der Waals surface area contributed by atoms with Crippen molar-refractivity contribution < 1.29 is 4.79 Å². The van der Waals surface area contributed by atoms with Gasteiger partial charge in [0.25, 0.3) is 5.91 Å². The first kappa shape index (κ1) is 15.8. The van der Waals surface area contributed by atoms with Crippen LogP contribution < -0.4 is 11.3 Å². The van der Waals surface area contributed by atoms with E-state index in [0.717, 1.165) is 38.0 Å². The van der Waals surface area contributed by atoms with E-state index >= 15 is 0 Å². The molecule has 0 radical (unpaired) electrons. The molecular weight excluding hydrogens is 264 g/mol. The predicted octanol–water partition coefficient (Wildman–Crippen LogP) is 2.58. The summed E-state index contributed by atoms with van der Waals surface area (Å²) >= 11 is 0. The van der Waals surface area contributed by atoms with Gasteiger partial charge in [0.2, 0.25) is 0 Å². The monoisotopic (exact) mass is 290 g/mol. The maximum atomic E-state index is 12.7. The number of nitrogen functional groups attached to an aromatic ring is 1. The maximum Gasteiger partial charge on any atom is 0.254 e. The second-order valence-electron chi connectivity index (χ2n) is 6.19. The third kappa shape index (κ3) is 3.53. The number of carbonyl (C=O) groups excluding carboxylic acids is 1. The van der Waals surface area contributed by atoms with Crippen molar-refractivity contribution in [2.75, 3.05) is 18.5 Å². The standard InChI is InChI=1S/C16H26N4O/c1-4-13-10-12(11-14(18-13)19-17)15(21)20-8-6-16(3,5-2)7-9-20/h10-11H,4-9,17H2,1-3H3,(H,18,19). The Bertz CT molecular complexity index is 485. The summed E-state index contributed by atoms with van der Waals surface area (Å²) in [6.07, 6.45) is 4.10. The topological polar surface area (TPSA) is 71.2 Å². The Balaban J connectivity index is 2.14. The van der Waals surface area contributed by atoms with Crippen LogP contribution in [-0.4, -0.2) is 28.9 Å². The van der Waals surface area contributed by atoms with E-state index in [2.05, 4.69) is 24.3 Å². The first-order valence-corrected chi connectivity index (χ1v) is 7.78. The largest absolute Gasteiger partial charge is 0.339 e. The minimum Gasteiger partial charge on any atom is -0.339 e. The molecule has 116 valence electrons. The van der Waals surface area contributed by atoms with Crippen molar-refractivity contribution in [1.82, 2.24) is 9.88 Å². The summed E-state index contributed by atoms with van der Waals surface area (Å²) in [5.41, 5.74) is 4.48. The third-order valence-electron chi connectivity index (χ3n) is 4.75. The fraction of sp³-hybridized carbons (Fsp3) is 0.625. The number of anilines is 1. The summed E-state index contributed by atoms with van der Waals surface area (Å²) < 4.78 is 0. The summed E-state index contributed by atoms with van der Waals surface area (Å²) in [6.45, 7) is 8.22. The zero-order valence-electron chi connectivity index (χ0n) is 13.3. The fourth-order valence-electron chi connectivity index (χ4n) is 2.75. The van der Waals surface area contributed by atoms with Gasteiger partial charge in [-0.05, 0) is 36.8 Å². The average Bonchev–Trinajstić information content (AvgIpc) is 2.54. The highest BCUT2D eigenvalue weighted by Crippen LogP contribution is 2.34. The molecule has 5 nitrogen and oxygen atoms in total. The van der Waals surface area contributed by atoms with Crippen LogP contribution >= 0.6 is 0 Å². The lowest BCUT2D eigenvalue weighted by atomic mass is 9.78. The Labute approximate surface area is 126 Å². The highest BCUT2D eigenvalue weighted by atomic mass is 16.2. The summed E-state index contributed by atoms with van der Waals surface area (Å²) in [5.74, 6) is 6.07. The second-order valence-corrected chi connectivity index (χ2v) is 6.19. The van der Waals surface area contributed by atoms with Gasteiger partial charge in [-0.1, -0.05) is 27.2 Å². The Morgan fingerprint density at radius 2 is 2.05 bits per heavy atom. The molecule has 1 aliphatic rings. The van der Waals surface area contributed by atoms with E-state index in [-0.39, 0.29) is 5.91 Å². The lowest BCUT2D eigenvalue weighted by Crippen LogP contribution is -2.42. The van der Waals surface area contributed by atoms with Crippen LogP contribution in [0.5, 0.6) is 0 Å². The number of hydrazine groups is 1. The molecule has 0 saturated carbocycles. The van der Waals surface area contributed by atoms with Crippen molar-refractivity contribution >= 4 is 11.7 Å². The van der Waals surface area contributed by atoms with Gasteiger partial charge in [0, 0.05) is 24.3 Å². The molecule has 1 aromatic heterocycles. The number of aryl methyl sites for hydroxylation is 1. The highest BCUT2D eigenvalue weighted by Gasteiger charge is 2.30. The van der Waals surface area contributed by atoms with Gasteiger partial charge in [0.15, 0.2) is 0 Å². The molecule has 2 heterocycles. The predicted molar refractivity (Wildman–Crippen MR) is 85.0 cm³/mol. The van der Waals surface area contributed by atoms with Crippen molar-refractivity contribution in [3.63, 3.8) is 0 Å². The van der Waals surface area contributed by atoms with Crippen LogP contribution in [0.1, 0.15) is 56.1 Å². The molecule has 5 heteroatoms. The number of carbonyl (C=O) groups is 1. The Hall–Kier alpha value is -1.62. The quantitative estimate of drug-likeness (QED) is 0.660. The van der Waals surface area contributed by atoms with Crippen LogP contribution in [0.3, 0.4) is 0 Å².